The van der Waals surface area contributed by atoms with Gasteiger partial charge >= 0.3 is 0 Å². The summed E-state index contributed by atoms with van der Waals surface area (Å²) in [5, 5.41) is 0. The van der Waals surface area contributed by atoms with E-state index in [-0.39, 0.29) is 17.4 Å². The van der Waals surface area contributed by atoms with Crippen molar-refractivity contribution in [2.75, 3.05) is 0 Å². The van der Waals surface area contributed by atoms with Crippen LogP contribution in [0.4, 0.5) is 0 Å². The van der Waals surface area contributed by atoms with Crippen molar-refractivity contribution < 1.29 is 22.2 Å². The molecule has 0 fully saturated rings. The van der Waals surface area contributed by atoms with Gasteiger partial charge in [-0.1, -0.05) is 13.3 Å². The van der Waals surface area contributed by atoms with E-state index in [4.69, 9.17) is 0 Å². The van der Waals surface area contributed by atoms with Gasteiger partial charge in [0.15, 0.2) is 0 Å². The monoisotopic (exact) mass is 138 g/mol. The molecule has 0 aliphatic rings. The fraction of sp³-hybridized carbons (Fsp3) is 0.800. The Hall–Kier alpha value is 0.202. The molecular weight excluding hydrogens is 128 g/mol. The number of carbonyl (C=O) groups excluding carboxylic acids is 1. The summed E-state index contributed by atoms with van der Waals surface area (Å²) in [5.74, 6) is 0. The van der Waals surface area contributed by atoms with Gasteiger partial charge in [0, 0.05) is 23.8 Å². The van der Waals surface area contributed by atoms with Gasteiger partial charge in [-0.3, -0.25) is 0 Å². The molecule has 0 saturated heterocycles. The molecule has 0 atom stereocenters. The third kappa shape index (κ3) is 10.7. The van der Waals surface area contributed by atoms with Crippen molar-refractivity contribution in [3.63, 3.8) is 0 Å². The minimum atomic E-state index is 0. The Morgan fingerprint density at radius 3 is 2.29 bits per heavy atom. The maximum Gasteiger partial charge on any atom is 0.119 e. The van der Waals surface area contributed by atoms with Crippen molar-refractivity contribution in [2.24, 2.45) is 0 Å². The SMILES string of the molecule is CCCCC=O.[Cr]. The third-order valence-corrected chi connectivity index (χ3v) is 0.676. The zero-order chi connectivity index (χ0) is 4.83. The van der Waals surface area contributed by atoms with E-state index in [1.165, 1.54) is 0 Å². The van der Waals surface area contributed by atoms with E-state index in [1.54, 1.807) is 0 Å². The molecule has 0 unspecified atom stereocenters. The Morgan fingerprint density at radius 1 is 1.57 bits per heavy atom. The van der Waals surface area contributed by atoms with Crippen LogP contribution in [0.3, 0.4) is 0 Å². The molecule has 0 amide bonds. The molecule has 0 aliphatic carbocycles. The van der Waals surface area contributed by atoms with E-state index in [9.17, 15) is 4.79 Å². The first-order valence-corrected chi connectivity index (χ1v) is 2.35. The summed E-state index contributed by atoms with van der Waals surface area (Å²) >= 11 is 0. The normalized spacial score (nSPS) is 7.00. The molecule has 0 heterocycles. The van der Waals surface area contributed by atoms with Crippen LogP contribution in [-0.4, -0.2) is 6.29 Å². The molecule has 0 bridgehead atoms. The summed E-state index contributed by atoms with van der Waals surface area (Å²) in [6.45, 7) is 2.07. The maximum atomic E-state index is 9.56. The average molecular weight is 138 g/mol. The van der Waals surface area contributed by atoms with Crippen molar-refractivity contribution in [3.05, 3.63) is 0 Å². The summed E-state index contributed by atoms with van der Waals surface area (Å²) in [6.07, 6.45) is 3.86. The second-order valence-electron chi connectivity index (χ2n) is 1.31. The summed E-state index contributed by atoms with van der Waals surface area (Å²) in [5.41, 5.74) is 0. The number of hydrogen-bond acceptors (Lipinski definition) is 1. The van der Waals surface area contributed by atoms with Crippen LogP contribution in [0.2, 0.25) is 0 Å². The van der Waals surface area contributed by atoms with E-state index < -0.39 is 0 Å². The second-order valence-corrected chi connectivity index (χ2v) is 1.31. The Balaban J connectivity index is 0. The molecule has 2 heteroatoms. The van der Waals surface area contributed by atoms with Crippen LogP contribution in [0.5, 0.6) is 0 Å². The Bertz CT molecular complexity index is 37.1. The smallest absolute Gasteiger partial charge is 0.119 e. The van der Waals surface area contributed by atoms with Crippen molar-refractivity contribution >= 4 is 6.29 Å². The Labute approximate surface area is 55.2 Å². The van der Waals surface area contributed by atoms with Gasteiger partial charge in [0.25, 0.3) is 0 Å². The summed E-state index contributed by atoms with van der Waals surface area (Å²) in [7, 11) is 0. The van der Waals surface area contributed by atoms with Crippen molar-refractivity contribution in [1.82, 2.24) is 0 Å². The molecule has 0 spiro atoms. The number of unbranched alkanes of at least 4 members (excludes halogenated alkanes) is 2. The fourth-order valence-corrected chi connectivity index (χ4v) is 0.287. The molecular formula is C5H10CrO. The standard InChI is InChI=1S/C5H10O.Cr/c1-2-3-4-5-6;/h5H,2-4H2,1H3;. The van der Waals surface area contributed by atoms with Gasteiger partial charge in [-0.15, -0.1) is 0 Å². The van der Waals surface area contributed by atoms with Crippen LogP contribution >= 0.6 is 0 Å². The molecule has 0 N–H and O–H groups in total. The number of carbonyl (C=O) groups is 1. The second kappa shape index (κ2) is 9.51. The molecule has 0 aromatic rings. The molecule has 0 aliphatic heterocycles. The average Bonchev–Trinajstić information content (AvgIpc) is 1.61. The first-order valence-electron chi connectivity index (χ1n) is 2.35. The summed E-state index contributed by atoms with van der Waals surface area (Å²) < 4.78 is 0. The van der Waals surface area contributed by atoms with Crippen LogP contribution in [0.1, 0.15) is 26.2 Å². The zero-order valence-corrected chi connectivity index (χ0v) is 5.79. The molecule has 1 nitrogen and oxygen atoms in total. The molecule has 7 heavy (non-hydrogen) atoms. The molecule has 0 rings (SSSR count). The van der Waals surface area contributed by atoms with E-state index in [0.29, 0.717) is 0 Å². The quantitative estimate of drug-likeness (QED) is 0.425. The van der Waals surface area contributed by atoms with Crippen molar-refractivity contribution in [1.29, 1.82) is 0 Å². The maximum absolute atomic E-state index is 9.56. The fourth-order valence-electron chi connectivity index (χ4n) is 0.287. The Morgan fingerprint density at radius 2 is 2.14 bits per heavy atom. The van der Waals surface area contributed by atoms with E-state index in [1.807, 2.05) is 0 Å². The predicted octanol–water partition coefficient (Wildman–Crippen LogP) is 1.37. The largest absolute Gasteiger partial charge is 0.303 e. The zero-order valence-electron chi connectivity index (χ0n) is 4.52. The van der Waals surface area contributed by atoms with Gasteiger partial charge in [-0.05, 0) is 6.42 Å². The van der Waals surface area contributed by atoms with Crippen molar-refractivity contribution in [3.8, 4) is 0 Å². The molecule has 0 saturated carbocycles. The van der Waals surface area contributed by atoms with Gasteiger partial charge in [-0.2, -0.15) is 0 Å². The van der Waals surface area contributed by atoms with Crippen LogP contribution in [-0.2, 0) is 22.2 Å². The van der Waals surface area contributed by atoms with E-state index in [0.717, 1.165) is 25.5 Å². The third-order valence-electron chi connectivity index (χ3n) is 0.676. The van der Waals surface area contributed by atoms with E-state index >= 15 is 0 Å². The summed E-state index contributed by atoms with van der Waals surface area (Å²) in [4.78, 5) is 9.56. The number of rotatable bonds is 3. The van der Waals surface area contributed by atoms with Gasteiger partial charge in [-0.25, -0.2) is 0 Å². The van der Waals surface area contributed by atoms with Crippen LogP contribution in [0.25, 0.3) is 0 Å². The van der Waals surface area contributed by atoms with E-state index in [2.05, 4.69) is 6.92 Å². The van der Waals surface area contributed by atoms with Crippen LogP contribution in [0, 0.1) is 0 Å². The molecule has 0 aromatic carbocycles. The van der Waals surface area contributed by atoms with Gasteiger partial charge in [0.1, 0.15) is 6.29 Å². The summed E-state index contributed by atoms with van der Waals surface area (Å²) in [6, 6.07) is 0. The minimum absolute atomic E-state index is 0. The minimum Gasteiger partial charge on any atom is -0.303 e. The van der Waals surface area contributed by atoms with Crippen LogP contribution < -0.4 is 0 Å². The molecule has 42 valence electrons. The van der Waals surface area contributed by atoms with Gasteiger partial charge in [0.05, 0.1) is 0 Å². The van der Waals surface area contributed by atoms with Gasteiger partial charge < -0.3 is 4.79 Å². The molecule has 0 radical (unpaired) electrons. The number of hydrogen-bond donors (Lipinski definition) is 0. The van der Waals surface area contributed by atoms with Crippen molar-refractivity contribution in [2.45, 2.75) is 26.2 Å². The Kier molecular flexibility index (Phi) is 13.9. The van der Waals surface area contributed by atoms with Gasteiger partial charge in [0.2, 0.25) is 0 Å². The molecule has 0 aromatic heterocycles. The topological polar surface area (TPSA) is 17.1 Å². The first-order chi connectivity index (χ1) is 2.91. The predicted molar refractivity (Wildman–Crippen MR) is 25.6 cm³/mol. The first kappa shape index (κ1) is 10.2. The van der Waals surface area contributed by atoms with Crippen LogP contribution in [0.15, 0.2) is 0 Å². The number of aldehydes is 1.